The van der Waals surface area contributed by atoms with Crippen molar-refractivity contribution < 1.29 is 24.2 Å². The lowest BCUT2D eigenvalue weighted by Crippen LogP contribution is -2.14. The van der Waals surface area contributed by atoms with E-state index in [9.17, 15) is 14.7 Å². The van der Waals surface area contributed by atoms with Gasteiger partial charge in [0, 0.05) is 18.6 Å². The van der Waals surface area contributed by atoms with E-state index >= 15 is 0 Å². The van der Waals surface area contributed by atoms with Crippen LogP contribution in [0.3, 0.4) is 0 Å². The van der Waals surface area contributed by atoms with Gasteiger partial charge in [-0.05, 0) is 6.42 Å². The number of carbonyl (C=O) groups is 2. The van der Waals surface area contributed by atoms with Gasteiger partial charge in [0.25, 0.3) is 0 Å². The normalized spacial score (nSPS) is 9.95. The predicted molar refractivity (Wildman–Crippen MR) is 74.7 cm³/mol. The topological polar surface area (TPSA) is 84.9 Å². The minimum absolute atomic E-state index is 0.0347. The fourth-order valence-corrected chi connectivity index (χ4v) is 1.71. The van der Waals surface area contributed by atoms with Crippen molar-refractivity contribution in [3.63, 3.8) is 0 Å². The van der Waals surface area contributed by atoms with Gasteiger partial charge in [0.15, 0.2) is 11.5 Å². The van der Waals surface area contributed by atoms with Crippen LogP contribution in [0.15, 0.2) is 12.1 Å². The summed E-state index contributed by atoms with van der Waals surface area (Å²) in [5.41, 5.74) is 0.170. The molecule has 1 aromatic carbocycles. The van der Waals surface area contributed by atoms with Crippen molar-refractivity contribution in [1.29, 1.82) is 0 Å². The molecule has 6 nitrogen and oxygen atoms in total. The molecule has 0 aliphatic rings. The molecular formula is C14H19NO5. The number of ether oxygens (including phenoxy) is 2. The zero-order valence-electron chi connectivity index (χ0n) is 11.9. The molecule has 0 unspecified atom stereocenters. The smallest absolute Gasteiger partial charge is 0.337 e. The molecule has 1 rings (SSSR count). The third kappa shape index (κ3) is 3.88. The average molecular weight is 281 g/mol. The van der Waals surface area contributed by atoms with Crippen LogP contribution in [0.1, 0.15) is 36.5 Å². The van der Waals surface area contributed by atoms with E-state index in [4.69, 9.17) is 9.47 Å². The lowest BCUT2D eigenvalue weighted by atomic mass is 10.1. The number of hydrogen-bond acceptors (Lipinski definition) is 4. The van der Waals surface area contributed by atoms with Crippen LogP contribution >= 0.6 is 0 Å². The van der Waals surface area contributed by atoms with E-state index in [-0.39, 0.29) is 17.2 Å². The Kier molecular flexibility index (Phi) is 5.83. The van der Waals surface area contributed by atoms with Crippen molar-refractivity contribution in [1.82, 2.24) is 0 Å². The van der Waals surface area contributed by atoms with E-state index in [0.29, 0.717) is 17.9 Å². The number of aromatic carboxylic acids is 1. The fourth-order valence-electron chi connectivity index (χ4n) is 1.71. The standard InChI is InChI=1S/C14H19NO5/c1-4-5-6-13(16)15-10-8-12(20-3)11(19-2)7-9(10)14(17)18/h7-8H,4-6H2,1-3H3,(H,15,16)(H,17,18). The molecule has 0 aromatic heterocycles. The summed E-state index contributed by atoms with van der Waals surface area (Å²) in [5.74, 6) is -0.696. The number of carboxylic acids is 1. The van der Waals surface area contributed by atoms with Gasteiger partial charge < -0.3 is 19.9 Å². The van der Waals surface area contributed by atoms with Gasteiger partial charge in [-0.3, -0.25) is 4.79 Å². The summed E-state index contributed by atoms with van der Waals surface area (Å²) in [5, 5.41) is 11.8. The van der Waals surface area contributed by atoms with Crippen LogP contribution in [-0.4, -0.2) is 31.2 Å². The third-order valence-electron chi connectivity index (χ3n) is 2.79. The van der Waals surface area contributed by atoms with Crippen molar-refractivity contribution in [3.8, 4) is 11.5 Å². The summed E-state index contributed by atoms with van der Waals surface area (Å²) in [6, 6.07) is 2.78. The van der Waals surface area contributed by atoms with Gasteiger partial charge >= 0.3 is 5.97 Å². The summed E-state index contributed by atoms with van der Waals surface area (Å²) in [6.07, 6.45) is 2.00. The first-order valence-corrected chi connectivity index (χ1v) is 6.32. The summed E-state index contributed by atoms with van der Waals surface area (Å²) >= 11 is 0. The molecule has 0 heterocycles. The first-order chi connectivity index (χ1) is 9.53. The van der Waals surface area contributed by atoms with Crippen molar-refractivity contribution >= 4 is 17.6 Å². The van der Waals surface area contributed by atoms with Gasteiger partial charge in [-0.25, -0.2) is 4.79 Å². The van der Waals surface area contributed by atoms with Crippen molar-refractivity contribution in [2.75, 3.05) is 19.5 Å². The SMILES string of the molecule is CCCCC(=O)Nc1cc(OC)c(OC)cc1C(=O)O. The second kappa shape index (κ2) is 7.37. The number of anilines is 1. The fraction of sp³-hybridized carbons (Fsp3) is 0.429. The summed E-state index contributed by atoms with van der Waals surface area (Å²) in [4.78, 5) is 23.0. The number of hydrogen-bond donors (Lipinski definition) is 2. The Morgan fingerprint density at radius 2 is 1.80 bits per heavy atom. The molecule has 1 aromatic rings. The largest absolute Gasteiger partial charge is 0.493 e. The summed E-state index contributed by atoms with van der Waals surface area (Å²) in [6.45, 7) is 1.98. The summed E-state index contributed by atoms with van der Waals surface area (Å²) < 4.78 is 10.2. The van der Waals surface area contributed by atoms with E-state index < -0.39 is 5.97 Å². The molecule has 0 saturated carbocycles. The molecule has 0 aliphatic carbocycles. The van der Waals surface area contributed by atoms with Crippen LogP contribution in [0.5, 0.6) is 11.5 Å². The Balaban J connectivity index is 3.09. The number of carboxylic acid groups (broad SMARTS) is 1. The van der Waals surface area contributed by atoms with Crippen LogP contribution < -0.4 is 14.8 Å². The molecule has 0 fully saturated rings. The highest BCUT2D eigenvalue weighted by Gasteiger charge is 2.17. The van der Waals surface area contributed by atoms with Crippen LogP contribution in [0, 0.1) is 0 Å². The second-order valence-electron chi connectivity index (χ2n) is 4.21. The van der Waals surface area contributed by atoms with Gasteiger partial charge in [0.2, 0.25) is 5.91 Å². The van der Waals surface area contributed by atoms with E-state index in [1.165, 1.54) is 26.4 Å². The van der Waals surface area contributed by atoms with Crippen LogP contribution in [0.2, 0.25) is 0 Å². The van der Waals surface area contributed by atoms with E-state index in [2.05, 4.69) is 5.32 Å². The lowest BCUT2D eigenvalue weighted by Gasteiger charge is -2.13. The van der Waals surface area contributed by atoms with Crippen molar-refractivity contribution in [2.24, 2.45) is 0 Å². The zero-order chi connectivity index (χ0) is 15.1. The Morgan fingerprint density at radius 1 is 1.20 bits per heavy atom. The highest BCUT2D eigenvalue weighted by atomic mass is 16.5. The Hall–Kier alpha value is -2.24. The molecule has 20 heavy (non-hydrogen) atoms. The summed E-state index contributed by atoms with van der Waals surface area (Å²) in [7, 11) is 2.87. The maximum absolute atomic E-state index is 11.7. The lowest BCUT2D eigenvalue weighted by molar-refractivity contribution is -0.116. The molecule has 0 radical (unpaired) electrons. The predicted octanol–water partition coefficient (Wildman–Crippen LogP) is 2.53. The Labute approximate surface area is 117 Å². The molecule has 0 spiro atoms. The third-order valence-corrected chi connectivity index (χ3v) is 2.79. The van der Waals surface area contributed by atoms with Gasteiger partial charge in [-0.2, -0.15) is 0 Å². The molecule has 2 N–H and O–H groups in total. The molecule has 110 valence electrons. The van der Waals surface area contributed by atoms with Gasteiger partial charge in [-0.1, -0.05) is 13.3 Å². The van der Waals surface area contributed by atoms with E-state index in [1.807, 2.05) is 6.92 Å². The zero-order valence-corrected chi connectivity index (χ0v) is 11.9. The number of carbonyl (C=O) groups excluding carboxylic acids is 1. The first kappa shape index (κ1) is 15.8. The number of amides is 1. The first-order valence-electron chi connectivity index (χ1n) is 6.32. The molecule has 1 amide bonds. The van der Waals surface area contributed by atoms with Gasteiger partial charge in [0.05, 0.1) is 25.5 Å². The highest BCUT2D eigenvalue weighted by Crippen LogP contribution is 2.33. The minimum Gasteiger partial charge on any atom is -0.493 e. The monoisotopic (exact) mass is 281 g/mol. The van der Waals surface area contributed by atoms with Crippen LogP contribution in [-0.2, 0) is 4.79 Å². The van der Waals surface area contributed by atoms with Crippen LogP contribution in [0.4, 0.5) is 5.69 Å². The average Bonchev–Trinajstić information content (AvgIpc) is 2.44. The van der Waals surface area contributed by atoms with Crippen LogP contribution in [0.25, 0.3) is 0 Å². The molecule has 0 atom stereocenters. The van der Waals surface area contributed by atoms with Crippen molar-refractivity contribution in [2.45, 2.75) is 26.2 Å². The van der Waals surface area contributed by atoms with Crippen molar-refractivity contribution in [3.05, 3.63) is 17.7 Å². The molecule has 0 aliphatic heterocycles. The van der Waals surface area contributed by atoms with Gasteiger partial charge in [-0.15, -0.1) is 0 Å². The number of unbranched alkanes of at least 4 members (excludes halogenated alkanes) is 1. The number of rotatable bonds is 7. The van der Waals surface area contributed by atoms with E-state index in [0.717, 1.165) is 12.8 Å². The maximum Gasteiger partial charge on any atom is 0.337 e. The molecule has 0 bridgehead atoms. The Bertz CT molecular complexity index is 499. The van der Waals surface area contributed by atoms with Gasteiger partial charge in [0.1, 0.15) is 0 Å². The molecule has 6 heteroatoms. The van der Waals surface area contributed by atoms with E-state index in [1.54, 1.807) is 0 Å². The highest BCUT2D eigenvalue weighted by molar-refractivity contribution is 6.01. The Morgan fingerprint density at radius 3 is 2.30 bits per heavy atom. The number of benzene rings is 1. The quantitative estimate of drug-likeness (QED) is 0.802. The maximum atomic E-state index is 11.7. The number of nitrogens with one attached hydrogen (secondary N) is 1. The second-order valence-corrected chi connectivity index (χ2v) is 4.21. The molecule has 0 saturated heterocycles. The minimum atomic E-state index is -1.14. The molecular weight excluding hydrogens is 262 g/mol. The number of methoxy groups -OCH3 is 2.